The maximum atomic E-state index is 2.81. The van der Waals surface area contributed by atoms with Gasteiger partial charge in [-0.3, -0.25) is 0 Å². The molecule has 0 saturated carbocycles. The van der Waals surface area contributed by atoms with Crippen LogP contribution >= 0.6 is 37.4 Å². The topological polar surface area (TPSA) is 0 Å². The van der Waals surface area contributed by atoms with E-state index in [1.54, 1.807) is 7.22 Å². The second kappa shape index (κ2) is 7.69. The van der Waals surface area contributed by atoms with Crippen molar-refractivity contribution in [2.45, 2.75) is 0 Å². The molecule has 0 unspecified atom stereocenters. The Morgan fingerprint density at radius 1 is 0.824 bits per heavy atom. The molecule has 0 bridgehead atoms. The number of benzene rings is 2. The first-order chi connectivity index (χ1) is 8.18. The average Bonchev–Trinajstić information content (AvgIpc) is 2.39. The van der Waals surface area contributed by atoms with Crippen LogP contribution in [0.5, 0.6) is 0 Å². The predicted octanol–water partition coefficient (Wildman–Crippen LogP) is 2.35. The van der Waals surface area contributed by atoms with E-state index in [-0.39, 0.29) is 18.7 Å². The number of rotatable bonds is 4. The quantitative estimate of drug-likeness (QED) is 0.334. The first-order valence-corrected chi connectivity index (χ1v) is 32.1. The molecule has 0 N–H and O–H groups in total. The van der Waals surface area contributed by atoms with Crippen molar-refractivity contribution in [3.63, 3.8) is 0 Å². The third-order valence-electron chi connectivity index (χ3n) is 1.98. The summed E-state index contributed by atoms with van der Waals surface area (Å²) in [7, 11) is -0.885. The van der Waals surface area contributed by atoms with Crippen LogP contribution in [0.1, 0.15) is 0 Å². The molecule has 17 heavy (non-hydrogen) atoms. The van der Waals surface area contributed by atoms with Crippen LogP contribution in [0.4, 0.5) is 0 Å². The summed E-state index contributed by atoms with van der Waals surface area (Å²) in [4.78, 5) is 0. The van der Waals surface area contributed by atoms with E-state index in [0.29, 0.717) is 0 Å². The standard InChI is InChI=1S/C12H10I2SeTe2/c13-17(14,12-9-5-2-6-10-12)15-16-11-7-3-1-4-8-11/h1-10H. The van der Waals surface area contributed by atoms with Crippen LogP contribution < -0.4 is 7.22 Å². The molecule has 0 aliphatic carbocycles. The van der Waals surface area contributed by atoms with E-state index < -0.39 is 8.06 Å². The molecule has 0 aromatic heterocycles. The summed E-state index contributed by atoms with van der Waals surface area (Å²) in [6, 6.07) is 22.2. The summed E-state index contributed by atoms with van der Waals surface area (Å²) in [6.07, 6.45) is 0. The molecule has 0 heterocycles. The van der Waals surface area contributed by atoms with Crippen molar-refractivity contribution in [1.29, 1.82) is 0 Å². The monoisotopic (exact) mass is 748 g/mol. The van der Waals surface area contributed by atoms with Gasteiger partial charge in [0.1, 0.15) is 0 Å². The van der Waals surface area contributed by atoms with Crippen molar-refractivity contribution in [3.05, 3.63) is 60.7 Å². The molecule has 2 aromatic carbocycles. The normalized spacial score (nSPS) is 12.4. The average molecular weight is 742 g/mol. The van der Waals surface area contributed by atoms with Gasteiger partial charge in [-0.2, -0.15) is 0 Å². The zero-order valence-electron chi connectivity index (χ0n) is 8.75. The fourth-order valence-electron chi connectivity index (χ4n) is 1.18. The van der Waals surface area contributed by atoms with Gasteiger partial charge >= 0.3 is 141 Å². The summed E-state index contributed by atoms with van der Waals surface area (Å²) in [6.45, 7) is 0. The summed E-state index contributed by atoms with van der Waals surface area (Å²) >= 11 is 5.67. The summed E-state index contributed by atoms with van der Waals surface area (Å²) < 4.78 is 3.27. The number of hydrogen-bond donors (Lipinski definition) is 0. The molecule has 2 rings (SSSR count). The number of halogens is 2. The second-order valence-electron chi connectivity index (χ2n) is 3.20. The molecule has 0 radical (unpaired) electrons. The Balaban J connectivity index is 2.03. The van der Waals surface area contributed by atoms with Gasteiger partial charge in [0, 0.05) is 0 Å². The molecule has 0 amide bonds. The fourth-order valence-corrected chi connectivity index (χ4v) is 72.9. The van der Waals surface area contributed by atoms with Gasteiger partial charge in [0.2, 0.25) is 0 Å². The van der Waals surface area contributed by atoms with Crippen molar-refractivity contribution in [1.82, 2.24) is 0 Å². The molecule has 0 nitrogen and oxygen atoms in total. The zero-order valence-corrected chi connectivity index (χ0v) is 19.4. The molecule has 5 heteroatoms. The van der Waals surface area contributed by atoms with Gasteiger partial charge in [-0.1, -0.05) is 0 Å². The Labute approximate surface area is 138 Å². The molecule has 0 atom stereocenters. The van der Waals surface area contributed by atoms with E-state index in [1.807, 2.05) is 0 Å². The molecule has 0 spiro atoms. The molecule has 0 aliphatic rings. The van der Waals surface area contributed by atoms with Crippen molar-refractivity contribution < 1.29 is 0 Å². The van der Waals surface area contributed by atoms with Gasteiger partial charge in [0.25, 0.3) is 0 Å². The summed E-state index contributed by atoms with van der Waals surface area (Å²) in [5, 5.41) is 0. The van der Waals surface area contributed by atoms with Gasteiger partial charge in [-0.25, -0.2) is 0 Å². The van der Waals surface area contributed by atoms with Crippen molar-refractivity contribution in [2.75, 3.05) is 0 Å². The van der Waals surface area contributed by atoms with Gasteiger partial charge in [-0.15, -0.1) is 0 Å². The van der Waals surface area contributed by atoms with Crippen LogP contribution in [-0.4, -0.2) is 35.3 Å². The van der Waals surface area contributed by atoms with Crippen LogP contribution in [0.2, 0.25) is 0 Å². The molecule has 0 fully saturated rings. The first-order valence-electron chi connectivity index (χ1n) is 4.87. The van der Waals surface area contributed by atoms with E-state index >= 15 is 0 Å². The Kier molecular flexibility index (Phi) is 6.97. The van der Waals surface area contributed by atoms with Crippen molar-refractivity contribution >= 4 is 80.0 Å². The van der Waals surface area contributed by atoms with Crippen molar-refractivity contribution in [3.8, 4) is 0 Å². The summed E-state index contributed by atoms with van der Waals surface area (Å²) in [5.41, 5.74) is 0. The van der Waals surface area contributed by atoms with Gasteiger partial charge in [-0.05, 0) is 0 Å². The maximum absolute atomic E-state index is 2.81. The van der Waals surface area contributed by atoms with Gasteiger partial charge in [0.05, 0.1) is 0 Å². The Morgan fingerprint density at radius 2 is 1.35 bits per heavy atom. The van der Waals surface area contributed by atoms with E-state index in [4.69, 9.17) is 0 Å². The van der Waals surface area contributed by atoms with Gasteiger partial charge in [0.15, 0.2) is 0 Å². The summed E-state index contributed by atoms with van der Waals surface area (Å²) in [5.74, 6) is 0. The molecule has 90 valence electrons. The third-order valence-corrected chi connectivity index (χ3v) is 114. The van der Waals surface area contributed by atoms with E-state index in [2.05, 4.69) is 98.1 Å². The van der Waals surface area contributed by atoms with E-state index in [1.165, 1.54) is 0 Å². The van der Waals surface area contributed by atoms with Crippen molar-refractivity contribution in [2.24, 2.45) is 0 Å². The van der Waals surface area contributed by atoms with E-state index in [9.17, 15) is 0 Å². The third kappa shape index (κ3) is 5.12. The second-order valence-corrected chi connectivity index (χ2v) is 81.0. The Hall–Kier alpha value is 2.00. The molecular weight excluding hydrogens is 732 g/mol. The Bertz CT molecular complexity index is 462. The van der Waals surface area contributed by atoms with Crippen LogP contribution in [0.15, 0.2) is 60.7 Å². The van der Waals surface area contributed by atoms with Crippen LogP contribution in [0, 0.1) is 0 Å². The van der Waals surface area contributed by atoms with Crippen LogP contribution in [0.3, 0.4) is 0 Å². The minimum atomic E-state index is -1.76. The van der Waals surface area contributed by atoms with Crippen LogP contribution in [0.25, 0.3) is 0 Å². The fraction of sp³-hybridized carbons (Fsp3) is 0. The molecular formula is C12H10I2SeTe2. The minimum absolute atomic E-state index is 0.0558. The van der Waals surface area contributed by atoms with Gasteiger partial charge < -0.3 is 0 Å². The molecule has 2 aromatic rings. The first kappa shape index (κ1) is 15.4. The van der Waals surface area contributed by atoms with Crippen LogP contribution in [-0.2, 0) is 0 Å². The zero-order chi connectivity index (χ0) is 12.1. The number of hydrogen-bond acceptors (Lipinski definition) is 0. The predicted molar refractivity (Wildman–Crippen MR) is 97.5 cm³/mol. The van der Waals surface area contributed by atoms with E-state index in [0.717, 1.165) is 8.59 Å². The molecule has 0 saturated heterocycles. The Morgan fingerprint density at radius 3 is 1.94 bits per heavy atom. The SMILES string of the molecule is I[Te](I)([Se][Te]c1ccccc1)c1ccccc1. The molecule has 0 aliphatic heterocycles.